The van der Waals surface area contributed by atoms with Crippen molar-refractivity contribution >= 4 is 11.7 Å². The molecule has 1 N–H and O–H groups in total. The van der Waals surface area contributed by atoms with E-state index in [9.17, 15) is 4.79 Å². The van der Waals surface area contributed by atoms with Crippen molar-refractivity contribution in [1.82, 2.24) is 0 Å². The van der Waals surface area contributed by atoms with Crippen LogP contribution < -0.4 is 4.90 Å². The molecule has 1 aromatic rings. The smallest absolute Gasteiger partial charge is 0.306 e. The van der Waals surface area contributed by atoms with Gasteiger partial charge >= 0.3 is 5.97 Å². The Hall–Kier alpha value is -1.51. The normalized spacial score (nSPS) is 23.6. The van der Waals surface area contributed by atoms with Crippen LogP contribution in [-0.4, -0.2) is 23.7 Å². The van der Waals surface area contributed by atoms with Crippen LogP contribution in [0.1, 0.15) is 32.6 Å². The van der Waals surface area contributed by atoms with Crippen LogP contribution in [0.15, 0.2) is 30.3 Å². The number of para-hydroxylation sites is 1. The minimum absolute atomic E-state index is 0.129. The van der Waals surface area contributed by atoms with E-state index in [1.165, 1.54) is 5.69 Å². The van der Waals surface area contributed by atoms with Crippen LogP contribution in [0.3, 0.4) is 0 Å². The number of hydrogen-bond donors (Lipinski definition) is 1. The Labute approximate surface area is 108 Å². The third kappa shape index (κ3) is 2.84. The molecule has 98 valence electrons. The minimum atomic E-state index is -0.629. The number of carboxylic acid groups (broad SMARTS) is 1. The Morgan fingerprint density at radius 3 is 2.33 bits per heavy atom. The summed E-state index contributed by atoms with van der Waals surface area (Å²) in [6, 6.07) is 10.9. The fourth-order valence-corrected chi connectivity index (χ4v) is 2.91. The van der Waals surface area contributed by atoms with Gasteiger partial charge in [0, 0.05) is 18.3 Å². The minimum Gasteiger partial charge on any atom is -0.481 e. The molecular weight excluding hydrogens is 226 g/mol. The average Bonchev–Trinajstić information content (AvgIpc) is 2.41. The van der Waals surface area contributed by atoms with E-state index in [-0.39, 0.29) is 5.92 Å². The maximum absolute atomic E-state index is 11.0. The summed E-state index contributed by atoms with van der Waals surface area (Å²) < 4.78 is 0. The Bertz CT molecular complexity index is 383. The molecule has 1 saturated carbocycles. The number of aliphatic carboxylic acids is 1. The van der Waals surface area contributed by atoms with Gasteiger partial charge in [0.1, 0.15) is 0 Å². The zero-order valence-electron chi connectivity index (χ0n) is 10.9. The molecule has 0 spiro atoms. The molecule has 3 nitrogen and oxygen atoms in total. The summed E-state index contributed by atoms with van der Waals surface area (Å²) in [4.78, 5) is 13.4. The summed E-state index contributed by atoms with van der Waals surface area (Å²) >= 11 is 0. The number of nitrogens with zero attached hydrogens (tertiary/aromatic N) is 1. The van der Waals surface area contributed by atoms with Crippen LogP contribution >= 0.6 is 0 Å². The van der Waals surface area contributed by atoms with Crippen LogP contribution in [0.25, 0.3) is 0 Å². The highest BCUT2D eigenvalue weighted by Gasteiger charge is 2.28. The highest BCUT2D eigenvalue weighted by Crippen LogP contribution is 2.30. The van der Waals surface area contributed by atoms with E-state index in [1.54, 1.807) is 0 Å². The molecule has 0 bridgehead atoms. The van der Waals surface area contributed by atoms with Gasteiger partial charge in [-0.25, -0.2) is 0 Å². The van der Waals surface area contributed by atoms with E-state index in [0.717, 1.165) is 32.2 Å². The fraction of sp³-hybridized carbons (Fsp3) is 0.533. The predicted molar refractivity (Wildman–Crippen MR) is 72.8 cm³/mol. The van der Waals surface area contributed by atoms with Crippen molar-refractivity contribution in [2.24, 2.45) is 5.92 Å². The van der Waals surface area contributed by atoms with Crippen molar-refractivity contribution in [2.75, 3.05) is 11.4 Å². The van der Waals surface area contributed by atoms with Gasteiger partial charge in [0.25, 0.3) is 0 Å². The molecule has 1 aromatic carbocycles. The first-order chi connectivity index (χ1) is 8.72. The van der Waals surface area contributed by atoms with E-state index >= 15 is 0 Å². The molecule has 2 rings (SSSR count). The van der Waals surface area contributed by atoms with Gasteiger partial charge in [0.2, 0.25) is 0 Å². The SMILES string of the molecule is CCN(c1ccccc1)C1CCC(C(=O)O)CC1. The fourth-order valence-electron chi connectivity index (χ4n) is 2.91. The standard InChI is InChI=1S/C15H21NO2/c1-2-16(13-6-4-3-5-7-13)14-10-8-12(9-11-14)15(17)18/h3-7,12,14H,2,8-11H2,1H3,(H,17,18). The van der Waals surface area contributed by atoms with E-state index in [1.807, 2.05) is 6.07 Å². The number of carbonyl (C=O) groups is 1. The molecule has 0 aliphatic heterocycles. The molecule has 0 radical (unpaired) electrons. The lowest BCUT2D eigenvalue weighted by atomic mass is 9.85. The van der Waals surface area contributed by atoms with E-state index in [2.05, 4.69) is 36.1 Å². The molecule has 18 heavy (non-hydrogen) atoms. The molecular formula is C15H21NO2. The van der Waals surface area contributed by atoms with Gasteiger partial charge in [-0.3, -0.25) is 4.79 Å². The van der Waals surface area contributed by atoms with E-state index in [4.69, 9.17) is 5.11 Å². The number of anilines is 1. The predicted octanol–water partition coefficient (Wildman–Crippen LogP) is 3.16. The first-order valence-corrected chi connectivity index (χ1v) is 6.77. The topological polar surface area (TPSA) is 40.5 Å². The maximum atomic E-state index is 11.0. The molecule has 0 saturated heterocycles. The Morgan fingerprint density at radius 2 is 1.83 bits per heavy atom. The summed E-state index contributed by atoms with van der Waals surface area (Å²) in [7, 11) is 0. The molecule has 1 fully saturated rings. The van der Waals surface area contributed by atoms with Crippen LogP contribution in [0.4, 0.5) is 5.69 Å². The molecule has 0 aromatic heterocycles. The van der Waals surface area contributed by atoms with Crippen molar-refractivity contribution < 1.29 is 9.90 Å². The van der Waals surface area contributed by atoms with Crippen LogP contribution in [-0.2, 0) is 4.79 Å². The lowest BCUT2D eigenvalue weighted by molar-refractivity contribution is -0.142. The zero-order chi connectivity index (χ0) is 13.0. The van der Waals surface area contributed by atoms with Crippen molar-refractivity contribution in [3.8, 4) is 0 Å². The lowest BCUT2D eigenvalue weighted by Gasteiger charge is -2.37. The largest absolute Gasteiger partial charge is 0.481 e. The van der Waals surface area contributed by atoms with E-state index < -0.39 is 5.97 Å². The molecule has 1 aliphatic rings. The second-order valence-electron chi connectivity index (χ2n) is 4.97. The summed E-state index contributed by atoms with van der Waals surface area (Å²) in [6.45, 7) is 3.14. The Kier molecular flexibility index (Phi) is 4.24. The third-order valence-electron chi connectivity index (χ3n) is 3.92. The van der Waals surface area contributed by atoms with Gasteiger partial charge in [-0.2, -0.15) is 0 Å². The monoisotopic (exact) mass is 247 g/mol. The average molecular weight is 247 g/mol. The quantitative estimate of drug-likeness (QED) is 0.888. The van der Waals surface area contributed by atoms with Crippen LogP contribution in [0.5, 0.6) is 0 Å². The Balaban J connectivity index is 2.01. The number of hydrogen-bond acceptors (Lipinski definition) is 2. The lowest BCUT2D eigenvalue weighted by Crippen LogP contribution is -2.39. The van der Waals surface area contributed by atoms with Crippen molar-refractivity contribution in [3.63, 3.8) is 0 Å². The van der Waals surface area contributed by atoms with Crippen molar-refractivity contribution in [2.45, 2.75) is 38.6 Å². The molecule has 0 amide bonds. The van der Waals surface area contributed by atoms with Gasteiger partial charge in [-0.15, -0.1) is 0 Å². The zero-order valence-corrected chi connectivity index (χ0v) is 10.9. The second-order valence-corrected chi connectivity index (χ2v) is 4.97. The number of rotatable bonds is 4. The number of carboxylic acids is 1. The van der Waals surface area contributed by atoms with Gasteiger partial charge in [-0.1, -0.05) is 18.2 Å². The van der Waals surface area contributed by atoms with Gasteiger partial charge < -0.3 is 10.0 Å². The van der Waals surface area contributed by atoms with Crippen LogP contribution in [0, 0.1) is 5.92 Å². The molecule has 1 aliphatic carbocycles. The maximum Gasteiger partial charge on any atom is 0.306 e. The number of benzene rings is 1. The molecule has 0 heterocycles. The summed E-state index contributed by atoms with van der Waals surface area (Å²) in [5, 5.41) is 9.02. The van der Waals surface area contributed by atoms with Gasteiger partial charge in [0.05, 0.1) is 5.92 Å². The third-order valence-corrected chi connectivity index (χ3v) is 3.92. The van der Waals surface area contributed by atoms with Crippen molar-refractivity contribution in [1.29, 1.82) is 0 Å². The van der Waals surface area contributed by atoms with Crippen molar-refractivity contribution in [3.05, 3.63) is 30.3 Å². The summed E-state index contributed by atoms with van der Waals surface area (Å²) in [5.74, 6) is -0.757. The highest BCUT2D eigenvalue weighted by molar-refractivity contribution is 5.70. The molecule has 0 atom stereocenters. The first-order valence-electron chi connectivity index (χ1n) is 6.77. The molecule has 3 heteroatoms. The van der Waals surface area contributed by atoms with Crippen LogP contribution in [0.2, 0.25) is 0 Å². The van der Waals surface area contributed by atoms with Gasteiger partial charge in [-0.05, 0) is 44.7 Å². The first kappa shape index (κ1) is 12.9. The highest BCUT2D eigenvalue weighted by atomic mass is 16.4. The second kappa shape index (κ2) is 5.89. The van der Waals surface area contributed by atoms with Gasteiger partial charge in [0.15, 0.2) is 0 Å². The Morgan fingerprint density at radius 1 is 1.22 bits per heavy atom. The summed E-state index contributed by atoms with van der Waals surface area (Å²) in [6.07, 6.45) is 3.59. The summed E-state index contributed by atoms with van der Waals surface area (Å²) in [5.41, 5.74) is 1.25. The van der Waals surface area contributed by atoms with E-state index in [0.29, 0.717) is 6.04 Å². The molecule has 0 unspecified atom stereocenters.